The molecule has 1 aromatic carbocycles. The number of carbonyl (C=O) groups is 1. The molecule has 2 aromatic rings. The Kier molecular flexibility index (Phi) is 21.0. The Morgan fingerprint density at radius 3 is 2.46 bits per heavy atom. The number of aryl methyl sites for hydroxylation is 1. The van der Waals surface area contributed by atoms with Crippen molar-refractivity contribution in [3.63, 3.8) is 0 Å². The summed E-state index contributed by atoms with van der Waals surface area (Å²) in [6.07, 6.45) is 4.72. The number of amides is 1. The Morgan fingerprint density at radius 2 is 1.84 bits per heavy atom. The number of hydrogen-bond donors (Lipinski definition) is 4. The molecule has 0 aliphatic carbocycles. The maximum absolute atomic E-state index is 13.1. The fourth-order valence-electron chi connectivity index (χ4n) is 3.80. The van der Waals surface area contributed by atoms with E-state index in [1.165, 1.54) is 16.8 Å². The zero-order chi connectivity index (χ0) is 28.1. The lowest BCUT2D eigenvalue weighted by atomic mass is 9.96. The van der Waals surface area contributed by atoms with Crippen LogP contribution in [0.15, 0.2) is 45.8 Å². The summed E-state index contributed by atoms with van der Waals surface area (Å²) in [6, 6.07) is 12.7. The molecule has 8 heteroatoms. The topological polar surface area (TPSA) is 99.7 Å². The first-order chi connectivity index (χ1) is 17.9. The monoisotopic (exact) mass is 550 g/mol. The van der Waals surface area contributed by atoms with Crippen molar-refractivity contribution in [1.82, 2.24) is 10.6 Å². The molecule has 0 bridgehead atoms. The number of oxime groups is 1. The molecule has 2 rings (SSSR count). The third kappa shape index (κ3) is 15.2. The number of nitrogens with zero attached hydrogens (tertiary/aromatic N) is 1. The number of hydrogen-bond acceptors (Lipinski definition) is 7. The van der Waals surface area contributed by atoms with E-state index in [1.807, 2.05) is 45.6 Å². The van der Waals surface area contributed by atoms with Crippen LogP contribution >= 0.6 is 23.1 Å². The van der Waals surface area contributed by atoms with Gasteiger partial charge in [0.25, 0.3) is 5.91 Å². The van der Waals surface area contributed by atoms with Crippen LogP contribution in [0.5, 0.6) is 0 Å². The van der Waals surface area contributed by atoms with Crippen molar-refractivity contribution in [3.8, 4) is 0 Å². The Bertz CT molecular complexity index is 872. The quantitative estimate of drug-likeness (QED) is 0.0670. The molecule has 0 saturated carbocycles. The number of thioether (sulfide) groups is 1. The number of nitrogens with two attached hydrogens (primary N) is 1. The highest BCUT2D eigenvalue weighted by molar-refractivity contribution is 8.01. The van der Waals surface area contributed by atoms with E-state index in [2.05, 4.69) is 65.7 Å². The fourth-order valence-corrected chi connectivity index (χ4v) is 6.14. The summed E-state index contributed by atoms with van der Waals surface area (Å²) in [5.41, 5.74) is 7.65. The van der Waals surface area contributed by atoms with Gasteiger partial charge in [-0.15, -0.1) is 23.1 Å². The van der Waals surface area contributed by atoms with Gasteiger partial charge in [0.1, 0.15) is 0 Å². The van der Waals surface area contributed by atoms with E-state index in [9.17, 15) is 4.79 Å². The molecule has 0 radical (unpaired) electrons. The lowest BCUT2D eigenvalue weighted by Crippen LogP contribution is -2.28. The van der Waals surface area contributed by atoms with Gasteiger partial charge in [0.05, 0.1) is 14.8 Å². The highest BCUT2D eigenvalue weighted by Gasteiger charge is 2.19. The summed E-state index contributed by atoms with van der Waals surface area (Å²) < 4.78 is 1.19. The Hall–Kier alpha value is -1.87. The van der Waals surface area contributed by atoms with Crippen LogP contribution in [0.3, 0.4) is 0 Å². The smallest absolute Gasteiger partial charge is 0.261 e. The lowest BCUT2D eigenvalue weighted by Gasteiger charge is -2.14. The molecule has 1 aromatic heterocycles. The summed E-state index contributed by atoms with van der Waals surface area (Å²) >= 11 is 3.42. The summed E-state index contributed by atoms with van der Waals surface area (Å²) in [5, 5.41) is 18.7. The maximum atomic E-state index is 13.1. The molecule has 2 unspecified atom stereocenters. The van der Waals surface area contributed by atoms with E-state index in [4.69, 9.17) is 5.21 Å². The van der Waals surface area contributed by atoms with Gasteiger partial charge in [0, 0.05) is 12.3 Å². The van der Waals surface area contributed by atoms with E-state index in [0.717, 1.165) is 54.1 Å². The third-order valence-electron chi connectivity index (χ3n) is 5.59. The second kappa shape index (κ2) is 22.1. The molecule has 6 nitrogen and oxygen atoms in total. The fraction of sp³-hybridized carbons (Fsp3) is 0.586. The Labute approximate surface area is 233 Å². The second-order valence-corrected chi connectivity index (χ2v) is 11.4. The molecule has 210 valence electrons. The minimum atomic E-state index is 0.0325. The van der Waals surface area contributed by atoms with Crippen molar-refractivity contribution >= 4 is 34.7 Å². The summed E-state index contributed by atoms with van der Waals surface area (Å²) in [6.45, 7) is 11.9. The van der Waals surface area contributed by atoms with E-state index in [-0.39, 0.29) is 5.91 Å². The molecule has 1 heterocycles. The molecule has 1 amide bonds. The molecule has 0 aliphatic heterocycles. The molecule has 0 spiro atoms. The van der Waals surface area contributed by atoms with Gasteiger partial charge in [0.2, 0.25) is 0 Å². The lowest BCUT2D eigenvalue weighted by molar-refractivity contribution is 0.0950. The predicted octanol–water partition coefficient (Wildman–Crippen LogP) is 6.47. The minimum Gasteiger partial charge on any atom is -0.411 e. The minimum absolute atomic E-state index is 0.0325. The zero-order valence-electron chi connectivity index (χ0n) is 24.0. The van der Waals surface area contributed by atoms with Crippen molar-refractivity contribution < 1.29 is 10.0 Å². The molecule has 0 fully saturated rings. The van der Waals surface area contributed by atoms with Crippen LogP contribution in [-0.4, -0.2) is 49.8 Å². The van der Waals surface area contributed by atoms with Gasteiger partial charge >= 0.3 is 0 Å². The highest BCUT2D eigenvalue weighted by atomic mass is 32.2. The average Bonchev–Trinajstić information content (AvgIpc) is 3.32. The van der Waals surface area contributed by atoms with Crippen LogP contribution in [0.1, 0.15) is 74.7 Å². The van der Waals surface area contributed by atoms with Crippen LogP contribution in [0, 0.1) is 11.8 Å². The standard InChI is InChI=1S/C26H39N3O2S2.C2H6.CH5N/c1-19(9-8-13-27-4)18-28-26(30)25-23(16-20(2)15-21(3)29-31)17-24(33-25)32-14-12-22-10-6-5-7-11-22;2*1-2/h5-7,10-11,17,19-20,27,31H,8-9,12-16,18H2,1-4H3,(H,28,30);1-2H3;2H2,1H3/b29-21-;;. The van der Waals surface area contributed by atoms with Crippen molar-refractivity contribution in [2.24, 2.45) is 22.7 Å². The first kappa shape index (κ1) is 35.1. The second-order valence-electron chi connectivity index (χ2n) is 8.91. The van der Waals surface area contributed by atoms with E-state index < -0.39 is 0 Å². The largest absolute Gasteiger partial charge is 0.411 e. The first-order valence-electron chi connectivity index (χ1n) is 13.4. The van der Waals surface area contributed by atoms with Gasteiger partial charge in [-0.2, -0.15) is 0 Å². The molecule has 5 N–H and O–H groups in total. The van der Waals surface area contributed by atoms with Crippen molar-refractivity contribution in [3.05, 3.63) is 52.4 Å². The van der Waals surface area contributed by atoms with Gasteiger partial charge in [-0.05, 0) is 88.7 Å². The number of rotatable bonds is 15. The van der Waals surface area contributed by atoms with Crippen LogP contribution in [0.2, 0.25) is 0 Å². The maximum Gasteiger partial charge on any atom is 0.261 e. The van der Waals surface area contributed by atoms with E-state index in [1.54, 1.807) is 11.3 Å². The summed E-state index contributed by atoms with van der Waals surface area (Å²) in [4.78, 5) is 13.9. The van der Waals surface area contributed by atoms with Crippen LogP contribution in [-0.2, 0) is 12.8 Å². The highest BCUT2D eigenvalue weighted by Crippen LogP contribution is 2.33. The van der Waals surface area contributed by atoms with Crippen molar-refractivity contribution in [1.29, 1.82) is 0 Å². The molecule has 37 heavy (non-hydrogen) atoms. The summed E-state index contributed by atoms with van der Waals surface area (Å²) in [5.74, 6) is 1.77. The number of thiophene rings is 1. The van der Waals surface area contributed by atoms with Crippen molar-refractivity contribution in [2.45, 2.75) is 70.9 Å². The predicted molar refractivity (Wildman–Crippen MR) is 164 cm³/mol. The Balaban J connectivity index is 0.00000308. The molecule has 2 atom stereocenters. The molecular formula is C29H50N4O2S2. The van der Waals surface area contributed by atoms with Gasteiger partial charge in [0.15, 0.2) is 0 Å². The third-order valence-corrected chi connectivity index (χ3v) is 7.97. The van der Waals surface area contributed by atoms with Gasteiger partial charge < -0.3 is 21.6 Å². The van der Waals surface area contributed by atoms with Gasteiger partial charge in [-0.1, -0.05) is 63.2 Å². The average molecular weight is 551 g/mol. The SMILES string of the molecule is CC.CN.CNCCCC(C)CNC(=O)c1sc(SCCc2ccccc2)cc1CC(C)C/C(C)=N\O. The number of carbonyl (C=O) groups excluding carboxylic acids is 1. The molecule has 0 aliphatic rings. The van der Waals surface area contributed by atoms with E-state index >= 15 is 0 Å². The molecule has 0 saturated heterocycles. The van der Waals surface area contributed by atoms with Crippen LogP contribution in [0.4, 0.5) is 0 Å². The number of nitrogens with one attached hydrogen (secondary N) is 2. The van der Waals surface area contributed by atoms with Crippen molar-refractivity contribution in [2.75, 3.05) is 32.9 Å². The van der Waals surface area contributed by atoms with E-state index in [0.29, 0.717) is 24.8 Å². The van der Waals surface area contributed by atoms with Gasteiger partial charge in [-0.25, -0.2) is 0 Å². The van der Waals surface area contributed by atoms with Crippen LogP contribution < -0.4 is 16.4 Å². The van der Waals surface area contributed by atoms with Gasteiger partial charge in [-0.3, -0.25) is 4.79 Å². The summed E-state index contributed by atoms with van der Waals surface area (Å²) in [7, 11) is 3.47. The molecular weight excluding hydrogens is 500 g/mol. The Morgan fingerprint density at radius 1 is 1.16 bits per heavy atom. The zero-order valence-corrected chi connectivity index (χ0v) is 25.6. The first-order valence-corrected chi connectivity index (χ1v) is 15.2. The van der Waals surface area contributed by atoms with Crippen LogP contribution in [0.25, 0.3) is 0 Å². The normalized spacial score (nSPS) is 12.5. The number of benzene rings is 1.